The first-order valence-corrected chi connectivity index (χ1v) is 10.0. The number of carbonyl (C=O) groups is 1. The van der Waals surface area contributed by atoms with Crippen LogP contribution in [0, 0.1) is 13.8 Å². The Morgan fingerprint density at radius 1 is 1.03 bits per heavy atom. The van der Waals surface area contributed by atoms with Crippen LogP contribution in [0.15, 0.2) is 59.7 Å². The summed E-state index contributed by atoms with van der Waals surface area (Å²) in [6.07, 6.45) is 3.56. The van der Waals surface area contributed by atoms with Crippen molar-refractivity contribution >= 4 is 5.97 Å². The standard InChI is InChI=1S/C24H28N2O4/c1-6-29-22(27)24(4,5)30-21-17(2)14-19(15-18(21)3)16-25-12-13-26(23(25)28)20-10-8-7-9-11-20/h7-15H,6,16H2,1-5H3. The maximum atomic E-state index is 12.8. The van der Waals surface area contributed by atoms with Gasteiger partial charge in [-0.1, -0.05) is 30.3 Å². The van der Waals surface area contributed by atoms with Gasteiger partial charge in [-0.15, -0.1) is 0 Å². The van der Waals surface area contributed by atoms with E-state index in [1.807, 2.05) is 56.3 Å². The summed E-state index contributed by atoms with van der Waals surface area (Å²) in [4.78, 5) is 25.0. The summed E-state index contributed by atoms with van der Waals surface area (Å²) in [5.74, 6) is 0.257. The Bertz CT molecular complexity index is 1070. The Hall–Kier alpha value is -3.28. The largest absolute Gasteiger partial charge is 0.476 e. The highest BCUT2D eigenvalue weighted by molar-refractivity contribution is 5.79. The third kappa shape index (κ3) is 4.48. The van der Waals surface area contributed by atoms with Crippen LogP contribution in [0.2, 0.25) is 0 Å². The van der Waals surface area contributed by atoms with Crippen molar-refractivity contribution in [3.8, 4) is 11.4 Å². The summed E-state index contributed by atoms with van der Waals surface area (Å²) in [7, 11) is 0. The maximum absolute atomic E-state index is 12.8. The highest BCUT2D eigenvalue weighted by Gasteiger charge is 2.32. The van der Waals surface area contributed by atoms with E-state index in [1.165, 1.54) is 0 Å². The summed E-state index contributed by atoms with van der Waals surface area (Å²) in [5.41, 5.74) is 2.44. The first kappa shape index (κ1) is 21.4. The number of hydrogen-bond donors (Lipinski definition) is 0. The molecule has 0 radical (unpaired) electrons. The molecule has 6 nitrogen and oxygen atoms in total. The van der Waals surface area contributed by atoms with E-state index in [2.05, 4.69) is 0 Å². The fourth-order valence-corrected chi connectivity index (χ4v) is 3.41. The quantitative estimate of drug-likeness (QED) is 0.554. The van der Waals surface area contributed by atoms with Crippen molar-refractivity contribution in [1.29, 1.82) is 0 Å². The smallest absolute Gasteiger partial charge is 0.349 e. The van der Waals surface area contributed by atoms with Crippen molar-refractivity contribution < 1.29 is 14.3 Å². The minimum absolute atomic E-state index is 0.0970. The molecule has 0 N–H and O–H groups in total. The van der Waals surface area contributed by atoms with Crippen molar-refractivity contribution in [3.05, 3.63) is 82.0 Å². The minimum atomic E-state index is -1.09. The first-order valence-electron chi connectivity index (χ1n) is 10.0. The monoisotopic (exact) mass is 408 g/mol. The van der Waals surface area contributed by atoms with Crippen LogP contribution in [0.25, 0.3) is 5.69 Å². The van der Waals surface area contributed by atoms with Gasteiger partial charge in [-0.05, 0) is 63.4 Å². The number of carbonyl (C=O) groups excluding carboxylic acids is 1. The Labute approximate surface area is 176 Å². The summed E-state index contributed by atoms with van der Waals surface area (Å²) in [6.45, 7) is 9.79. The predicted molar refractivity (Wildman–Crippen MR) is 116 cm³/mol. The summed E-state index contributed by atoms with van der Waals surface area (Å²) < 4.78 is 14.4. The van der Waals surface area contributed by atoms with Crippen LogP contribution in [0.5, 0.6) is 5.75 Å². The summed E-state index contributed by atoms with van der Waals surface area (Å²) in [6, 6.07) is 13.5. The molecule has 3 rings (SSSR count). The van der Waals surface area contributed by atoms with Gasteiger partial charge in [0.15, 0.2) is 5.60 Å². The summed E-state index contributed by atoms with van der Waals surface area (Å²) in [5, 5.41) is 0. The molecule has 0 saturated heterocycles. The lowest BCUT2D eigenvalue weighted by molar-refractivity contribution is -0.158. The molecule has 0 bridgehead atoms. The number of rotatable bonds is 7. The Morgan fingerprint density at radius 3 is 2.27 bits per heavy atom. The highest BCUT2D eigenvalue weighted by atomic mass is 16.6. The van der Waals surface area contributed by atoms with E-state index in [1.54, 1.807) is 42.3 Å². The molecular formula is C24H28N2O4. The van der Waals surface area contributed by atoms with E-state index >= 15 is 0 Å². The van der Waals surface area contributed by atoms with Crippen LogP contribution >= 0.6 is 0 Å². The van der Waals surface area contributed by atoms with Gasteiger partial charge in [0, 0.05) is 12.4 Å². The lowest BCUT2D eigenvalue weighted by Gasteiger charge is -2.26. The molecule has 0 saturated carbocycles. The Balaban J connectivity index is 1.84. The molecule has 6 heteroatoms. The fourth-order valence-electron chi connectivity index (χ4n) is 3.41. The Morgan fingerprint density at radius 2 is 1.67 bits per heavy atom. The van der Waals surface area contributed by atoms with Crippen molar-refractivity contribution in [2.24, 2.45) is 0 Å². The highest BCUT2D eigenvalue weighted by Crippen LogP contribution is 2.29. The molecule has 3 aromatic rings. The van der Waals surface area contributed by atoms with Crippen molar-refractivity contribution in [3.63, 3.8) is 0 Å². The SMILES string of the molecule is CCOC(=O)C(C)(C)Oc1c(C)cc(Cn2ccn(-c3ccccc3)c2=O)cc1C. The third-order valence-electron chi connectivity index (χ3n) is 4.88. The first-order chi connectivity index (χ1) is 14.2. The number of esters is 1. The van der Waals surface area contributed by atoms with E-state index in [-0.39, 0.29) is 5.69 Å². The molecule has 0 amide bonds. The number of nitrogens with zero attached hydrogens (tertiary/aromatic N) is 2. The van der Waals surface area contributed by atoms with Crippen LogP contribution < -0.4 is 10.4 Å². The van der Waals surface area contributed by atoms with Gasteiger partial charge in [0.25, 0.3) is 0 Å². The molecule has 1 heterocycles. The minimum Gasteiger partial charge on any atom is -0.476 e. The van der Waals surface area contributed by atoms with E-state index in [0.717, 1.165) is 22.4 Å². The number of hydrogen-bond acceptors (Lipinski definition) is 4. The van der Waals surface area contributed by atoms with Gasteiger partial charge < -0.3 is 9.47 Å². The van der Waals surface area contributed by atoms with E-state index < -0.39 is 11.6 Å². The zero-order chi connectivity index (χ0) is 21.9. The van der Waals surface area contributed by atoms with Crippen molar-refractivity contribution in [2.45, 2.75) is 46.8 Å². The van der Waals surface area contributed by atoms with Gasteiger partial charge in [-0.2, -0.15) is 0 Å². The molecule has 2 aromatic carbocycles. The van der Waals surface area contributed by atoms with Crippen LogP contribution in [0.4, 0.5) is 0 Å². The number of imidazole rings is 1. The molecule has 0 spiro atoms. The van der Waals surface area contributed by atoms with Crippen LogP contribution in [-0.2, 0) is 16.1 Å². The van der Waals surface area contributed by atoms with Crippen molar-refractivity contribution in [2.75, 3.05) is 6.61 Å². The second-order valence-corrected chi connectivity index (χ2v) is 7.81. The molecule has 0 fully saturated rings. The molecular weight excluding hydrogens is 380 g/mol. The number of benzene rings is 2. The molecule has 0 unspecified atom stereocenters. The van der Waals surface area contributed by atoms with Gasteiger partial charge in [-0.25, -0.2) is 9.59 Å². The second-order valence-electron chi connectivity index (χ2n) is 7.81. The summed E-state index contributed by atoms with van der Waals surface area (Å²) >= 11 is 0. The lowest BCUT2D eigenvalue weighted by atomic mass is 10.0. The normalized spacial score (nSPS) is 11.4. The molecule has 0 atom stereocenters. The number of para-hydroxylation sites is 1. The van der Waals surface area contributed by atoms with Crippen LogP contribution in [-0.4, -0.2) is 27.3 Å². The number of aromatic nitrogens is 2. The fraction of sp³-hybridized carbons (Fsp3) is 0.333. The molecule has 0 aliphatic carbocycles. The lowest BCUT2D eigenvalue weighted by Crippen LogP contribution is -2.40. The van der Waals surface area contributed by atoms with Crippen molar-refractivity contribution in [1.82, 2.24) is 9.13 Å². The van der Waals surface area contributed by atoms with Gasteiger partial charge >= 0.3 is 11.7 Å². The maximum Gasteiger partial charge on any atom is 0.349 e. The van der Waals surface area contributed by atoms with Gasteiger partial charge in [0.1, 0.15) is 5.75 Å². The van der Waals surface area contributed by atoms with E-state index in [4.69, 9.17) is 9.47 Å². The molecule has 0 aliphatic heterocycles. The molecule has 0 aliphatic rings. The molecule has 30 heavy (non-hydrogen) atoms. The molecule has 158 valence electrons. The zero-order valence-electron chi connectivity index (χ0n) is 18.1. The second kappa shape index (κ2) is 8.61. The van der Waals surface area contributed by atoms with Crippen LogP contribution in [0.3, 0.4) is 0 Å². The van der Waals surface area contributed by atoms with Crippen LogP contribution in [0.1, 0.15) is 37.5 Å². The van der Waals surface area contributed by atoms with Gasteiger partial charge in [0.2, 0.25) is 0 Å². The third-order valence-corrected chi connectivity index (χ3v) is 4.88. The average molecular weight is 408 g/mol. The Kier molecular flexibility index (Phi) is 6.15. The van der Waals surface area contributed by atoms with Gasteiger partial charge in [0.05, 0.1) is 18.8 Å². The number of ether oxygens (including phenoxy) is 2. The predicted octanol–water partition coefficient (Wildman–Crippen LogP) is 4.02. The topological polar surface area (TPSA) is 62.5 Å². The van der Waals surface area contributed by atoms with E-state index in [0.29, 0.717) is 18.9 Å². The zero-order valence-corrected chi connectivity index (χ0v) is 18.1. The number of aryl methyl sites for hydroxylation is 2. The van der Waals surface area contributed by atoms with E-state index in [9.17, 15) is 9.59 Å². The molecule has 1 aromatic heterocycles. The van der Waals surface area contributed by atoms with Gasteiger partial charge in [-0.3, -0.25) is 9.13 Å². The average Bonchev–Trinajstić information content (AvgIpc) is 3.06.